The summed E-state index contributed by atoms with van der Waals surface area (Å²) in [7, 11) is -2.41. The van der Waals surface area contributed by atoms with Gasteiger partial charge in [0.2, 0.25) is 10.0 Å². The first kappa shape index (κ1) is 22.9. The summed E-state index contributed by atoms with van der Waals surface area (Å²) in [6, 6.07) is 4.34. The largest absolute Gasteiger partial charge is 0.495 e. The topological polar surface area (TPSA) is 117 Å². The molecule has 1 aromatic carbocycles. The number of hydrogen-bond acceptors (Lipinski definition) is 7. The van der Waals surface area contributed by atoms with Gasteiger partial charge in [-0.3, -0.25) is 4.79 Å². The molecule has 2 fully saturated rings. The fourth-order valence-electron chi connectivity index (χ4n) is 3.20. The number of carbonyl (C=O) groups is 1. The number of β-amino-alcohol motifs (C(OH)–C–C–N with tert-alkyl or cyclic N) is 1. The first-order valence-corrected chi connectivity index (χ1v) is 10.3. The molecular weight excluding hydrogens is 410 g/mol. The van der Waals surface area contributed by atoms with Gasteiger partial charge in [-0.15, -0.1) is 12.4 Å². The van der Waals surface area contributed by atoms with Crippen molar-refractivity contribution in [3.8, 4) is 5.75 Å². The third-order valence-electron chi connectivity index (χ3n) is 4.84. The van der Waals surface area contributed by atoms with Gasteiger partial charge in [-0.1, -0.05) is 0 Å². The van der Waals surface area contributed by atoms with E-state index in [4.69, 9.17) is 9.47 Å². The van der Waals surface area contributed by atoms with Crippen molar-refractivity contribution in [3.05, 3.63) is 23.8 Å². The number of morpholine rings is 1. The number of rotatable bonds is 6. The molecule has 0 radical (unpaired) electrons. The van der Waals surface area contributed by atoms with E-state index >= 15 is 0 Å². The van der Waals surface area contributed by atoms with Crippen molar-refractivity contribution in [2.24, 2.45) is 5.92 Å². The van der Waals surface area contributed by atoms with Crippen LogP contribution in [-0.4, -0.2) is 82.9 Å². The summed E-state index contributed by atoms with van der Waals surface area (Å²) in [5.74, 6) is -0.271. The van der Waals surface area contributed by atoms with Gasteiger partial charge in [-0.05, 0) is 18.2 Å². The SMILES string of the molecule is COc1ccc(C(=O)NCC2CNCC2O)cc1S(=O)(=O)N1CCOCC1.Cl. The average Bonchev–Trinajstić information content (AvgIpc) is 3.11. The van der Waals surface area contributed by atoms with Crippen molar-refractivity contribution in [1.29, 1.82) is 0 Å². The van der Waals surface area contributed by atoms with Crippen molar-refractivity contribution in [2.75, 3.05) is 53.0 Å². The minimum atomic E-state index is -3.80. The van der Waals surface area contributed by atoms with Gasteiger partial charge in [0, 0.05) is 44.2 Å². The van der Waals surface area contributed by atoms with Crippen LogP contribution in [0.5, 0.6) is 5.75 Å². The lowest BCUT2D eigenvalue weighted by atomic mass is 10.1. The third-order valence-corrected chi connectivity index (χ3v) is 6.76. The number of aliphatic hydroxyl groups excluding tert-OH is 1. The van der Waals surface area contributed by atoms with Crippen LogP contribution in [0.2, 0.25) is 0 Å². The van der Waals surface area contributed by atoms with E-state index in [1.54, 1.807) is 0 Å². The molecule has 1 aromatic rings. The quantitative estimate of drug-likeness (QED) is 0.548. The number of nitrogens with one attached hydrogen (secondary N) is 2. The van der Waals surface area contributed by atoms with E-state index in [1.807, 2.05) is 0 Å². The summed E-state index contributed by atoms with van der Waals surface area (Å²) in [6.07, 6.45) is -0.501. The van der Waals surface area contributed by atoms with Crippen LogP contribution in [0.25, 0.3) is 0 Å². The lowest BCUT2D eigenvalue weighted by Crippen LogP contribution is -2.40. The number of amides is 1. The second kappa shape index (κ2) is 9.86. The second-order valence-corrected chi connectivity index (χ2v) is 8.48. The summed E-state index contributed by atoms with van der Waals surface area (Å²) in [5.41, 5.74) is 0.225. The molecule has 0 aromatic heterocycles. The summed E-state index contributed by atoms with van der Waals surface area (Å²) in [5, 5.41) is 15.6. The first-order chi connectivity index (χ1) is 12.9. The van der Waals surface area contributed by atoms with E-state index in [9.17, 15) is 18.3 Å². The number of ether oxygens (including phenoxy) is 2. The molecule has 3 N–H and O–H groups in total. The van der Waals surface area contributed by atoms with E-state index in [1.165, 1.54) is 29.6 Å². The van der Waals surface area contributed by atoms with Crippen molar-refractivity contribution in [1.82, 2.24) is 14.9 Å². The molecule has 0 aliphatic carbocycles. The maximum Gasteiger partial charge on any atom is 0.251 e. The molecule has 1 amide bonds. The standard InChI is InChI=1S/C17H25N3O6S.ClH/c1-25-15-3-2-12(17(22)19-10-13-9-18-11-14(13)21)8-16(15)27(23,24)20-4-6-26-7-5-20;/h2-3,8,13-14,18,21H,4-7,9-11H2,1H3,(H,19,22);1H. The Labute approximate surface area is 170 Å². The third kappa shape index (κ3) is 4.94. The van der Waals surface area contributed by atoms with Gasteiger partial charge >= 0.3 is 0 Å². The minimum Gasteiger partial charge on any atom is -0.495 e. The Morgan fingerprint density at radius 1 is 1.36 bits per heavy atom. The normalized spacial score (nSPS) is 23.1. The van der Waals surface area contributed by atoms with E-state index in [2.05, 4.69) is 10.6 Å². The van der Waals surface area contributed by atoms with Crippen LogP contribution in [0.3, 0.4) is 0 Å². The zero-order valence-electron chi connectivity index (χ0n) is 15.6. The summed E-state index contributed by atoms with van der Waals surface area (Å²) < 4.78 is 37.7. The predicted molar refractivity (Wildman–Crippen MR) is 105 cm³/mol. The number of hydrogen-bond donors (Lipinski definition) is 3. The second-order valence-electron chi connectivity index (χ2n) is 6.58. The van der Waals surface area contributed by atoms with Gasteiger partial charge in [-0.2, -0.15) is 4.31 Å². The van der Waals surface area contributed by atoms with E-state index in [0.29, 0.717) is 32.8 Å². The smallest absolute Gasteiger partial charge is 0.251 e. The molecule has 2 saturated heterocycles. The van der Waals surface area contributed by atoms with E-state index in [-0.39, 0.29) is 47.6 Å². The maximum absolute atomic E-state index is 13.0. The van der Waals surface area contributed by atoms with Gasteiger partial charge in [0.15, 0.2) is 0 Å². The molecule has 2 aliphatic rings. The van der Waals surface area contributed by atoms with Crippen LogP contribution < -0.4 is 15.4 Å². The van der Waals surface area contributed by atoms with Gasteiger partial charge in [0.05, 0.1) is 26.4 Å². The Morgan fingerprint density at radius 3 is 2.68 bits per heavy atom. The average molecular weight is 436 g/mol. The molecule has 11 heteroatoms. The number of halogens is 1. The predicted octanol–water partition coefficient (Wildman–Crippen LogP) is -0.552. The molecule has 2 unspecified atom stereocenters. The number of nitrogens with zero attached hydrogens (tertiary/aromatic N) is 1. The maximum atomic E-state index is 13.0. The number of sulfonamides is 1. The zero-order valence-corrected chi connectivity index (χ0v) is 17.2. The van der Waals surface area contributed by atoms with Crippen molar-refractivity contribution >= 4 is 28.3 Å². The van der Waals surface area contributed by atoms with Crippen molar-refractivity contribution < 1.29 is 27.8 Å². The molecule has 0 saturated carbocycles. The number of carbonyl (C=O) groups excluding carboxylic acids is 1. The fraction of sp³-hybridized carbons (Fsp3) is 0.588. The summed E-state index contributed by atoms with van der Waals surface area (Å²) in [4.78, 5) is 12.4. The molecule has 2 heterocycles. The summed E-state index contributed by atoms with van der Waals surface area (Å²) >= 11 is 0. The summed E-state index contributed by atoms with van der Waals surface area (Å²) in [6.45, 7) is 2.62. The first-order valence-electron chi connectivity index (χ1n) is 8.86. The lowest BCUT2D eigenvalue weighted by Gasteiger charge is -2.26. The minimum absolute atomic E-state index is 0. The Kier molecular flexibility index (Phi) is 8.05. The van der Waals surface area contributed by atoms with E-state index in [0.717, 1.165) is 0 Å². The molecule has 3 rings (SSSR count). The van der Waals surface area contributed by atoms with Gasteiger partial charge in [0.25, 0.3) is 5.91 Å². The van der Waals surface area contributed by atoms with Crippen molar-refractivity contribution in [2.45, 2.75) is 11.0 Å². The number of aliphatic hydroxyl groups is 1. The lowest BCUT2D eigenvalue weighted by molar-refractivity contribution is 0.0729. The van der Waals surface area contributed by atoms with Crippen LogP contribution in [0.15, 0.2) is 23.1 Å². The van der Waals surface area contributed by atoms with Gasteiger partial charge < -0.3 is 25.2 Å². The zero-order chi connectivity index (χ0) is 19.4. The Balaban J connectivity index is 0.00000280. The highest BCUT2D eigenvalue weighted by molar-refractivity contribution is 7.89. The van der Waals surface area contributed by atoms with Gasteiger partial charge in [-0.25, -0.2) is 8.42 Å². The highest BCUT2D eigenvalue weighted by Gasteiger charge is 2.30. The van der Waals surface area contributed by atoms with Crippen LogP contribution in [0.4, 0.5) is 0 Å². The van der Waals surface area contributed by atoms with Crippen LogP contribution in [0, 0.1) is 5.92 Å². The molecule has 28 heavy (non-hydrogen) atoms. The van der Waals surface area contributed by atoms with E-state index < -0.39 is 22.0 Å². The molecule has 9 nitrogen and oxygen atoms in total. The van der Waals surface area contributed by atoms with Crippen LogP contribution in [0.1, 0.15) is 10.4 Å². The number of methoxy groups -OCH3 is 1. The highest BCUT2D eigenvalue weighted by Crippen LogP contribution is 2.28. The monoisotopic (exact) mass is 435 g/mol. The molecule has 2 atom stereocenters. The highest BCUT2D eigenvalue weighted by atomic mass is 35.5. The molecular formula is C17H26ClN3O6S. The Hall–Kier alpha value is -1.43. The Morgan fingerprint density at radius 2 is 2.07 bits per heavy atom. The molecule has 0 bridgehead atoms. The fourth-order valence-corrected chi connectivity index (χ4v) is 4.79. The molecule has 0 spiro atoms. The van der Waals surface area contributed by atoms with Crippen LogP contribution in [-0.2, 0) is 14.8 Å². The van der Waals surface area contributed by atoms with Crippen molar-refractivity contribution in [3.63, 3.8) is 0 Å². The Bertz CT molecular complexity index is 785. The molecule has 2 aliphatic heterocycles. The molecule has 158 valence electrons. The van der Waals surface area contributed by atoms with Gasteiger partial charge in [0.1, 0.15) is 10.6 Å². The number of benzene rings is 1. The van der Waals surface area contributed by atoms with Crippen LogP contribution >= 0.6 is 12.4 Å².